The van der Waals surface area contributed by atoms with E-state index in [-0.39, 0.29) is 11.9 Å². The Morgan fingerprint density at radius 3 is 2.70 bits per heavy atom. The summed E-state index contributed by atoms with van der Waals surface area (Å²) in [6, 6.07) is 0. The van der Waals surface area contributed by atoms with Gasteiger partial charge >= 0.3 is 5.97 Å². The normalized spacial score (nSPS) is 10.8. The molecule has 1 N–H and O–H groups in total. The molecular formula is C14H18N2O3S. The van der Waals surface area contributed by atoms with E-state index in [4.69, 9.17) is 4.74 Å². The summed E-state index contributed by atoms with van der Waals surface area (Å²) in [6.45, 7) is 6.00. The lowest BCUT2D eigenvalue weighted by Gasteiger charge is -2.01. The van der Waals surface area contributed by atoms with Crippen molar-refractivity contribution in [2.45, 2.75) is 27.2 Å². The van der Waals surface area contributed by atoms with Crippen molar-refractivity contribution < 1.29 is 14.3 Å². The van der Waals surface area contributed by atoms with Crippen LogP contribution in [0.1, 0.15) is 34.2 Å². The largest absolute Gasteiger partial charge is 0.462 e. The van der Waals surface area contributed by atoms with E-state index < -0.39 is 0 Å². The standard InChI is InChI=1S/C14H18N2O3S/c1-5-19-14(18)12-8(2)9(3)16-10(6-11(17)15-4)7-20-13(12)16/h7H,5-6H2,1-4H3,(H,15,17). The predicted octanol–water partition coefficient (Wildman–Crippen LogP) is 2.08. The van der Waals surface area contributed by atoms with Crippen LogP contribution in [-0.2, 0) is 16.0 Å². The summed E-state index contributed by atoms with van der Waals surface area (Å²) < 4.78 is 7.09. The maximum Gasteiger partial charge on any atom is 0.341 e. The van der Waals surface area contributed by atoms with E-state index in [1.165, 1.54) is 11.3 Å². The topological polar surface area (TPSA) is 59.8 Å². The summed E-state index contributed by atoms with van der Waals surface area (Å²) in [6.07, 6.45) is 0.299. The number of carbonyl (C=O) groups excluding carboxylic acids is 2. The molecule has 0 spiro atoms. The zero-order valence-corrected chi connectivity index (χ0v) is 12.9. The number of hydrogen-bond acceptors (Lipinski definition) is 4. The van der Waals surface area contributed by atoms with Gasteiger partial charge in [0.25, 0.3) is 0 Å². The molecule has 5 nitrogen and oxygen atoms in total. The molecule has 2 heterocycles. The molecule has 0 saturated heterocycles. The third-order valence-corrected chi connectivity index (χ3v) is 4.36. The van der Waals surface area contributed by atoms with Gasteiger partial charge in [-0.15, -0.1) is 11.3 Å². The van der Waals surface area contributed by atoms with Gasteiger partial charge in [-0.25, -0.2) is 4.79 Å². The van der Waals surface area contributed by atoms with Gasteiger partial charge in [0.05, 0.1) is 18.6 Å². The van der Waals surface area contributed by atoms with Gasteiger partial charge in [0, 0.05) is 23.8 Å². The van der Waals surface area contributed by atoms with Crippen LogP contribution in [0.4, 0.5) is 0 Å². The van der Waals surface area contributed by atoms with E-state index in [2.05, 4.69) is 5.32 Å². The van der Waals surface area contributed by atoms with Gasteiger partial charge in [0.2, 0.25) is 5.91 Å². The first-order valence-electron chi connectivity index (χ1n) is 6.46. The smallest absolute Gasteiger partial charge is 0.341 e. The van der Waals surface area contributed by atoms with Crippen LogP contribution >= 0.6 is 11.3 Å². The van der Waals surface area contributed by atoms with Crippen LogP contribution in [0.2, 0.25) is 0 Å². The average Bonchev–Trinajstić information content (AvgIpc) is 2.91. The van der Waals surface area contributed by atoms with Gasteiger partial charge in [-0.2, -0.15) is 0 Å². The third-order valence-electron chi connectivity index (χ3n) is 3.36. The highest BCUT2D eigenvalue weighted by atomic mass is 32.1. The summed E-state index contributed by atoms with van der Waals surface area (Å²) in [5.41, 5.74) is 3.38. The lowest BCUT2D eigenvalue weighted by Crippen LogP contribution is -2.20. The Bertz CT molecular complexity index is 670. The second-order valence-corrected chi connectivity index (χ2v) is 5.38. The number of esters is 1. The molecular weight excluding hydrogens is 276 g/mol. The monoisotopic (exact) mass is 294 g/mol. The molecule has 0 aromatic carbocycles. The van der Waals surface area contributed by atoms with Crippen LogP contribution in [0.3, 0.4) is 0 Å². The van der Waals surface area contributed by atoms with Gasteiger partial charge in [-0.1, -0.05) is 0 Å². The van der Waals surface area contributed by atoms with Crippen molar-refractivity contribution in [3.05, 3.63) is 27.9 Å². The quantitative estimate of drug-likeness (QED) is 0.878. The molecule has 0 saturated carbocycles. The molecule has 6 heteroatoms. The number of fused-ring (bicyclic) bond motifs is 1. The molecule has 0 aliphatic rings. The van der Waals surface area contributed by atoms with Crippen molar-refractivity contribution in [3.8, 4) is 0 Å². The molecule has 1 amide bonds. The first-order chi connectivity index (χ1) is 9.51. The lowest BCUT2D eigenvalue weighted by molar-refractivity contribution is -0.120. The number of aromatic nitrogens is 1. The van der Waals surface area contributed by atoms with Gasteiger partial charge < -0.3 is 14.5 Å². The fourth-order valence-electron chi connectivity index (χ4n) is 2.22. The predicted molar refractivity (Wildman–Crippen MR) is 78.5 cm³/mol. The summed E-state index contributed by atoms with van der Waals surface area (Å²) in [7, 11) is 1.61. The molecule has 0 unspecified atom stereocenters. The molecule has 0 bridgehead atoms. The summed E-state index contributed by atoms with van der Waals surface area (Å²) in [5, 5.41) is 4.53. The van der Waals surface area contributed by atoms with Crippen LogP contribution in [0.5, 0.6) is 0 Å². The van der Waals surface area contributed by atoms with E-state index in [1.807, 2.05) is 23.6 Å². The summed E-state index contributed by atoms with van der Waals surface area (Å²) >= 11 is 1.46. The molecule has 2 rings (SSSR count). The third kappa shape index (κ3) is 2.31. The number of amides is 1. The van der Waals surface area contributed by atoms with Gasteiger partial charge in [0.15, 0.2) is 0 Å². The van der Waals surface area contributed by atoms with Crippen molar-refractivity contribution in [2.75, 3.05) is 13.7 Å². The van der Waals surface area contributed by atoms with Crippen molar-refractivity contribution >= 4 is 28.0 Å². The van der Waals surface area contributed by atoms with Crippen LogP contribution < -0.4 is 5.32 Å². The SMILES string of the molecule is CCOC(=O)c1c(C)c(C)n2c(CC(=O)NC)csc12. The number of likely N-dealkylation sites (N-methyl/N-ethyl adjacent to an activating group) is 1. The number of rotatable bonds is 4. The highest BCUT2D eigenvalue weighted by molar-refractivity contribution is 7.16. The van der Waals surface area contributed by atoms with E-state index in [9.17, 15) is 9.59 Å². The number of carbonyl (C=O) groups is 2. The van der Waals surface area contributed by atoms with E-state index in [0.29, 0.717) is 18.6 Å². The Labute approximate surface area is 121 Å². The molecule has 2 aromatic heterocycles. The average molecular weight is 294 g/mol. The second kappa shape index (κ2) is 5.66. The molecule has 0 atom stereocenters. The van der Waals surface area contributed by atoms with Gasteiger partial charge in [-0.05, 0) is 26.3 Å². The highest BCUT2D eigenvalue weighted by Gasteiger charge is 2.23. The highest BCUT2D eigenvalue weighted by Crippen LogP contribution is 2.30. The van der Waals surface area contributed by atoms with Crippen LogP contribution in [0, 0.1) is 13.8 Å². The minimum absolute atomic E-state index is 0.0480. The number of nitrogens with zero attached hydrogens (tertiary/aromatic N) is 1. The minimum atomic E-state index is -0.302. The minimum Gasteiger partial charge on any atom is -0.462 e. The molecule has 20 heavy (non-hydrogen) atoms. The number of ether oxygens (including phenoxy) is 1. The number of hydrogen-bond donors (Lipinski definition) is 1. The van der Waals surface area contributed by atoms with E-state index >= 15 is 0 Å². The number of thiazole rings is 1. The van der Waals surface area contributed by atoms with Crippen molar-refractivity contribution in [2.24, 2.45) is 0 Å². The Hall–Kier alpha value is -1.82. The lowest BCUT2D eigenvalue weighted by atomic mass is 10.2. The van der Waals surface area contributed by atoms with Crippen LogP contribution in [-0.4, -0.2) is 29.9 Å². The molecule has 0 radical (unpaired) electrons. The maximum atomic E-state index is 12.1. The number of aryl methyl sites for hydroxylation is 1. The van der Waals surface area contributed by atoms with Gasteiger partial charge in [0.1, 0.15) is 4.83 Å². The van der Waals surface area contributed by atoms with Crippen LogP contribution in [0.15, 0.2) is 5.38 Å². The van der Waals surface area contributed by atoms with Gasteiger partial charge in [-0.3, -0.25) is 4.79 Å². The Balaban J connectivity index is 2.55. The number of nitrogens with one attached hydrogen (secondary N) is 1. The molecule has 2 aromatic rings. The fourth-order valence-corrected chi connectivity index (χ4v) is 3.37. The molecule has 108 valence electrons. The summed E-state index contributed by atoms with van der Waals surface area (Å²) in [5.74, 6) is -0.350. The Morgan fingerprint density at radius 2 is 2.10 bits per heavy atom. The summed E-state index contributed by atoms with van der Waals surface area (Å²) in [4.78, 5) is 24.5. The van der Waals surface area contributed by atoms with E-state index in [1.54, 1.807) is 14.0 Å². The molecule has 0 aliphatic carbocycles. The first kappa shape index (κ1) is 14.6. The Morgan fingerprint density at radius 1 is 1.40 bits per heavy atom. The maximum absolute atomic E-state index is 12.1. The van der Waals surface area contributed by atoms with Crippen molar-refractivity contribution in [1.82, 2.24) is 9.72 Å². The zero-order valence-electron chi connectivity index (χ0n) is 12.1. The van der Waals surface area contributed by atoms with Crippen molar-refractivity contribution in [1.29, 1.82) is 0 Å². The van der Waals surface area contributed by atoms with E-state index in [0.717, 1.165) is 21.8 Å². The fraction of sp³-hybridized carbons (Fsp3) is 0.429. The first-order valence-corrected chi connectivity index (χ1v) is 7.34. The zero-order chi connectivity index (χ0) is 14.9. The van der Waals surface area contributed by atoms with Crippen molar-refractivity contribution in [3.63, 3.8) is 0 Å². The Kier molecular flexibility index (Phi) is 4.13. The molecule has 0 aliphatic heterocycles. The van der Waals surface area contributed by atoms with Crippen LogP contribution in [0.25, 0.3) is 4.83 Å². The molecule has 0 fully saturated rings. The second-order valence-electron chi connectivity index (χ2n) is 4.52.